The Balaban J connectivity index is 1.52. The van der Waals surface area contributed by atoms with Gasteiger partial charge >= 0.3 is 0 Å². The number of aromatic nitrogens is 5. The van der Waals surface area contributed by atoms with E-state index in [0.29, 0.717) is 13.2 Å². The van der Waals surface area contributed by atoms with Gasteiger partial charge in [0.25, 0.3) is 0 Å². The molecule has 31 heavy (non-hydrogen) atoms. The lowest BCUT2D eigenvalue weighted by Crippen LogP contribution is -2.44. The van der Waals surface area contributed by atoms with Gasteiger partial charge in [0.15, 0.2) is 11.5 Å². The Hall–Kier alpha value is -3.12. The molecule has 1 saturated heterocycles. The average Bonchev–Trinajstić information content (AvgIpc) is 3.45. The lowest BCUT2D eigenvalue weighted by atomic mass is 9.76. The number of aromatic amines is 1. The summed E-state index contributed by atoms with van der Waals surface area (Å²) in [4.78, 5) is 7.21. The van der Waals surface area contributed by atoms with Crippen molar-refractivity contribution in [3.05, 3.63) is 24.5 Å². The standard InChI is InChI=1S/C22H27N7O2/c1-15-13-30-10-9-28(15)20-11-18(31-16-3-6-22(2,14-23)7-4-16)17-12-25-29(21(17)26-20)19-5-8-24-27-19/h5,8,11-12,15-16H,3-4,6-7,9-10,13H2,1-2H3,(H,24,27)/t15-,16?,22?/m1/s1. The topological polar surface area (TPSA) is 105 Å². The average molecular weight is 422 g/mol. The van der Waals surface area contributed by atoms with E-state index in [-0.39, 0.29) is 17.6 Å². The third kappa shape index (κ3) is 3.72. The second-order valence-electron chi connectivity index (χ2n) is 8.82. The summed E-state index contributed by atoms with van der Waals surface area (Å²) in [5.74, 6) is 2.40. The van der Waals surface area contributed by atoms with Crippen LogP contribution in [0.4, 0.5) is 5.82 Å². The van der Waals surface area contributed by atoms with Crippen LogP contribution in [0.2, 0.25) is 0 Å². The van der Waals surface area contributed by atoms with Gasteiger partial charge in [0.05, 0.1) is 54.6 Å². The van der Waals surface area contributed by atoms with Crippen molar-refractivity contribution in [3.63, 3.8) is 0 Å². The van der Waals surface area contributed by atoms with Crippen molar-refractivity contribution in [2.75, 3.05) is 24.7 Å². The van der Waals surface area contributed by atoms with E-state index in [2.05, 4.69) is 33.2 Å². The molecule has 9 heteroatoms. The molecule has 0 bridgehead atoms. The van der Waals surface area contributed by atoms with Gasteiger partial charge in [-0.1, -0.05) is 0 Å². The first kappa shape index (κ1) is 19.8. The zero-order valence-electron chi connectivity index (χ0n) is 17.9. The first-order valence-electron chi connectivity index (χ1n) is 10.9. The highest BCUT2D eigenvalue weighted by Gasteiger charge is 2.32. The fraction of sp³-hybridized carbons (Fsp3) is 0.545. The second-order valence-corrected chi connectivity index (χ2v) is 8.82. The summed E-state index contributed by atoms with van der Waals surface area (Å²) >= 11 is 0. The van der Waals surface area contributed by atoms with Crippen LogP contribution in [0.25, 0.3) is 16.9 Å². The fourth-order valence-corrected chi connectivity index (χ4v) is 4.45. The number of hydrogen-bond acceptors (Lipinski definition) is 7. The first-order valence-corrected chi connectivity index (χ1v) is 10.9. The van der Waals surface area contributed by atoms with Gasteiger partial charge < -0.3 is 14.4 Å². The number of H-pyrrole nitrogens is 1. The predicted molar refractivity (Wildman–Crippen MR) is 115 cm³/mol. The van der Waals surface area contributed by atoms with Crippen LogP contribution in [0.15, 0.2) is 24.5 Å². The summed E-state index contributed by atoms with van der Waals surface area (Å²) in [6, 6.07) is 6.58. The third-order valence-corrected chi connectivity index (χ3v) is 6.47. The Kier molecular flexibility index (Phi) is 5.02. The molecule has 0 radical (unpaired) electrons. The molecule has 1 atom stereocenters. The summed E-state index contributed by atoms with van der Waals surface area (Å²) in [5.41, 5.74) is 0.487. The summed E-state index contributed by atoms with van der Waals surface area (Å²) in [6.45, 7) is 6.31. The van der Waals surface area contributed by atoms with Crippen molar-refractivity contribution < 1.29 is 9.47 Å². The van der Waals surface area contributed by atoms with Gasteiger partial charge in [0.1, 0.15) is 11.6 Å². The molecule has 0 unspecified atom stereocenters. The molecule has 1 saturated carbocycles. The summed E-state index contributed by atoms with van der Waals surface area (Å²) in [5, 5.41) is 21.9. The Morgan fingerprint density at radius 2 is 2.19 bits per heavy atom. The van der Waals surface area contributed by atoms with Crippen LogP contribution in [0.3, 0.4) is 0 Å². The fourth-order valence-electron chi connectivity index (χ4n) is 4.45. The SMILES string of the molecule is C[C@@H]1COCCN1c1cc(OC2CCC(C)(C#N)CC2)c2cnn(-c3ccn[nH]3)c2n1. The van der Waals surface area contributed by atoms with Gasteiger partial charge in [-0.05, 0) is 39.5 Å². The number of hydrogen-bond donors (Lipinski definition) is 1. The smallest absolute Gasteiger partial charge is 0.170 e. The summed E-state index contributed by atoms with van der Waals surface area (Å²) in [7, 11) is 0. The van der Waals surface area contributed by atoms with Crippen molar-refractivity contribution in [1.29, 1.82) is 5.26 Å². The van der Waals surface area contributed by atoms with Crippen LogP contribution in [-0.2, 0) is 4.74 Å². The predicted octanol–water partition coefficient (Wildman–Crippen LogP) is 3.22. The molecular formula is C22H27N7O2. The summed E-state index contributed by atoms with van der Waals surface area (Å²) < 4.78 is 13.9. The highest BCUT2D eigenvalue weighted by atomic mass is 16.5. The number of pyridine rings is 1. The number of ether oxygens (including phenoxy) is 2. The second kappa shape index (κ2) is 7.85. The molecule has 0 amide bonds. The van der Waals surface area contributed by atoms with Crippen LogP contribution in [0.5, 0.6) is 5.75 Å². The molecule has 0 aromatic carbocycles. The summed E-state index contributed by atoms with van der Waals surface area (Å²) in [6.07, 6.45) is 7.01. The van der Waals surface area contributed by atoms with Crippen LogP contribution < -0.4 is 9.64 Å². The molecule has 0 spiro atoms. The number of morpholine rings is 1. The third-order valence-electron chi connectivity index (χ3n) is 6.47. The van der Waals surface area contributed by atoms with E-state index in [1.165, 1.54) is 0 Å². The molecule has 2 fully saturated rings. The molecule has 3 aromatic heterocycles. The molecule has 1 aliphatic heterocycles. The molecule has 1 N–H and O–H groups in total. The lowest BCUT2D eigenvalue weighted by Gasteiger charge is -2.35. The van der Waals surface area contributed by atoms with Gasteiger partial charge in [-0.15, -0.1) is 0 Å². The number of fused-ring (bicyclic) bond motifs is 1. The minimum Gasteiger partial charge on any atom is -0.489 e. The Morgan fingerprint density at radius 3 is 2.90 bits per heavy atom. The van der Waals surface area contributed by atoms with Crippen LogP contribution in [0.1, 0.15) is 39.5 Å². The van der Waals surface area contributed by atoms with E-state index in [9.17, 15) is 5.26 Å². The lowest BCUT2D eigenvalue weighted by molar-refractivity contribution is 0.0983. The molecular weight excluding hydrogens is 394 g/mol. The van der Waals surface area contributed by atoms with Crippen molar-refractivity contribution in [2.45, 2.75) is 51.7 Å². The molecule has 3 aromatic rings. The van der Waals surface area contributed by atoms with Gasteiger partial charge in [0, 0.05) is 18.7 Å². The monoisotopic (exact) mass is 421 g/mol. The Bertz CT molecular complexity index is 1090. The highest BCUT2D eigenvalue weighted by Crippen LogP contribution is 2.38. The minimum absolute atomic E-state index is 0.0810. The highest BCUT2D eigenvalue weighted by molar-refractivity contribution is 5.85. The van der Waals surface area contributed by atoms with E-state index < -0.39 is 0 Å². The molecule has 5 rings (SSSR count). The van der Waals surface area contributed by atoms with E-state index >= 15 is 0 Å². The molecule has 2 aliphatic rings. The van der Waals surface area contributed by atoms with E-state index in [0.717, 1.165) is 60.6 Å². The number of anilines is 1. The van der Waals surface area contributed by atoms with Crippen LogP contribution in [-0.4, -0.2) is 56.9 Å². The molecule has 162 valence electrons. The number of rotatable bonds is 4. The molecule has 9 nitrogen and oxygen atoms in total. The van der Waals surface area contributed by atoms with Gasteiger partial charge in [-0.2, -0.15) is 20.1 Å². The zero-order valence-corrected chi connectivity index (χ0v) is 17.9. The van der Waals surface area contributed by atoms with Crippen LogP contribution in [0, 0.1) is 16.7 Å². The number of nitriles is 1. The van der Waals surface area contributed by atoms with Gasteiger partial charge in [-0.3, -0.25) is 5.10 Å². The molecule has 4 heterocycles. The largest absolute Gasteiger partial charge is 0.489 e. The normalized spacial score (nSPS) is 26.7. The van der Waals surface area contributed by atoms with Gasteiger partial charge in [0.2, 0.25) is 0 Å². The van der Waals surface area contributed by atoms with E-state index in [1.54, 1.807) is 17.1 Å². The van der Waals surface area contributed by atoms with Crippen molar-refractivity contribution in [1.82, 2.24) is 25.0 Å². The van der Waals surface area contributed by atoms with Crippen LogP contribution >= 0.6 is 0 Å². The van der Waals surface area contributed by atoms with Gasteiger partial charge in [-0.25, -0.2) is 4.98 Å². The number of nitrogens with zero attached hydrogens (tertiary/aromatic N) is 6. The first-order chi connectivity index (χ1) is 15.1. The quantitative estimate of drug-likeness (QED) is 0.689. The Labute approximate surface area is 181 Å². The maximum Gasteiger partial charge on any atom is 0.170 e. The minimum atomic E-state index is -0.243. The van der Waals surface area contributed by atoms with E-state index in [4.69, 9.17) is 14.5 Å². The van der Waals surface area contributed by atoms with Crippen molar-refractivity contribution >= 4 is 16.9 Å². The maximum atomic E-state index is 9.43. The number of nitrogens with one attached hydrogen (secondary N) is 1. The van der Waals surface area contributed by atoms with Crippen molar-refractivity contribution in [3.8, 4) is 17.6 Å². The maximum absolute atomic E-state index is 9.43. The van der Waals surface area contributed by atoms with Crippen molar-refractivity contribution in [2.24, 2.45) is 5.41 Å². The zero-order chi connectivity index (χ0) is 21.4. The molecule has 1 aliphatic carbocycles. The Morgan fingerprint density at radius 1 is 1.35 bits per heavy atom. The van der Waals surface area contributed by atoms with E-state index in [1.807, 2.05) is 19.1 Å².